The number of benzene rings is 3. The molecule has 0 atom stereocenters. The second-order valence-corrected chi connectivity index (χ2v) is 10.7. The summed E-state index contributed by atoms with van der Waals surface area (Å²) < 4.78 is 46.9. The van der Waals surface area contributed by atoms with Crippen molar-refractivity contribution in [2.24, 2.45) is 0 Å². The topological polar surface area (TPSA) is 126 Å². The van der Waals surface area contributed by atoms with Crippen molar-refractivity contribution in [3.05, 3.63) is 89.2 Å². The van der Waals surface area contributed by atoms with Crippen LogP contribution in [0.4, 0.5) is 5.82 Å². The third-order valence-corrected chi connectivity index (χ3v) is 7.98. The molecule has 0 fully saturated rings. The highest BCUT2D eigenvalue weighted by Crippen LogP contribution is 2.31. The standard InChI is InChI=1S/C29H28N4O6S/c1-5-38-29-30-24-11-8-10-23(28(34)37-4)26(24)33(29)17-20-13-15-21(16-14-20)22-9-6-7-12-25(22)40(35,36)32-27-18(2)19(3)39-31-27/h6-16H,5,17H2,1-4H3,(H,31,32). The SMILES string of the molecule is CCOc1nc2cccc(C(=O)OC)c2n1Cc1ccc(-c2ccccc2S(=O)(=O)Nc2noc(C)c2C)cc1. The maximum Gasteiger partial charge on any atom is 0.340 e. The van der Waals surface area contributed by atoms with Crippen molar-refractivity contribution < 1.29 is 27.2 Å². The number of aromatic nitrogens is 3. The van der Waals surface area contributed by atoms with Crippen molar-refractivity contribution in [3.63, 3.8) is 0 Å². The molecule has 0 unspecified atom stereocenters. The first-order valence-electron chi connectivity index (χ1n) is 12.6. The zero-order chi connectivity index (χ0) is 28.4. The number of aryl methyl sites for hydroxylation is 1. The molecule has 10 nitrogen and oxygen atoms in total. The number of hydrogen-bond acceptors (Lipinski definition) is 8. The largest absolute Gasteiger partial charge is 0.465 e. The number of methoxy groups -OCH3 is 1. The van der Waals surface area contributed by atoms with Crippen molar-refractivity contribution >= 4 is 32.8 Å². The second-order valence-electron chi connectivity index (χ2n) is 9.09. The van der Waals surface area contributed by atoms with Crippen LogP contribution >= 0.6 is 0 Å². The third kappa shape index (κ3) is 5.03. The Bertz CT molecular complexity index is 1810. The van der Waals surface area contributed by atoms with Crippen molar-refractivity contribution in [3.8, 4) is 17.1 Å². The Labute approximate surface area is 231 Å². The molecule has 5 aromatic rings. The molecular weight excluding hydrogens is 532 g/mol. The molecule has 1 N–H and O–H groups in total. The van der Waals surface area contributed by atoms with Crippen LogP contribution in [0.3, 0.4) is 0 Å². The lowest BCUT2D eigenvalue weighted by molar-refractivity contribution is 0.0602. The van der Waals surface area contributed by atoms with Crippen LogP contribution in [-0.4, -0.2) is 42.8 Å². The van der Waals surface area contributed by atoms with Gasteiger partial charge in [-0.1, -0.05) is 53.7 Å². The van der Waals surface area contributed by atoms with Crippen molar-refractivity contribution in [1.29, 1.82) is 0 Å². The van der Waals surface area contributed by atoms with Gasteiger partial charge in [0.05, 0.1) is 41.8 Å². The molecule has 0 aliphatic rings. The van der Waals surface area contributed by atoms with Gasteiger partial charge < -0.3 is 14.0 Å². The van der Waals surface area contributed by atoms with Crippen molar-refractivity contribution in [2.45, 2.75) is 32.2 Å². The van der Waals surface area contributed by atoms with E-state index in [-0.39, 0.29) is 10.7 Å². The Morgan fingerprint density at radius 3 is 2.45 bits per heavy atom. The van der Waals surface area contributed by atoms with Crippen LogP contribution in [0.5, 0.6) is 6.01 Å². The number of nitrogens with zero attached hydrogens (tertiary/aromatic N) is 3. The molecule has 0 amide bonds. The Morgan fingerprint density at radius 2 is 1.77 bits per heavy atom. The molecule has 0 saturated heterocycles. The van der Waals surface area contributed by atoms with E-state index in [1.807, 2.05) is 41.8 Å². The zero-order valence-electron chi connectivity index (χ0n) is 22.5. The van der Waals surface area contributed by atoms with E-state index >= 15 is 0 Å². The summed E-state index contributed by atoms with van der Waals surface area (Å²) in [6.07, 6.45) is 0. The molecule has 206 valence electrons. The van der Waals surface area contributed by atoms with E-state index in [1.54, 1.807) is 50.2 Å². The van der Waals surface area contributed by atoms with Crippen LogP contribution in [0.1, 0.15) is 34.2 Å². The highest BCUT2D eigenvalue weighted by molar-refractivity contribution is 7.92. The predicted molar refractivity (Wildman–Crippen MR) is 150 cm³/mol. The Balaban J connectivity index is 1.49. The first-order chi connectivity index (χ1) is 19.2. The van der Waals surface area contributed by atoms with Crippen LogP contribution < -0.4 is 9.46 Å². The minimum atomic E-state index is -3.95. The molecule has 5 rings (SSSR count). The number of hydrogen-bond donors (Lipinski definition) is 1. The molecule has 0 saturated carbocycles. The summed E-state index contributed by atoms with van der Waals surface area (Å²) in [5.74, 6) is 0.234. The molecule has 0 spiro atoms. The fraction of sp³-hybridized carbons (Fsp3) is 0.207. The summed E-state index contributed by atoms with van der Waals surface area (Å²) in [7, 11) is -2.61. The van der Waals surface area contributed by atoms with Gasteiger partial charge in [0.25, 0.3) is 16.0 Å². The number of carbonyl (C=O) groups excluding carboxylic acids is 1. The lowest BCUT2D eigenvalue weighted by Gasteiger charge is -2.13. The maximum atomic E-state index is 13.3. The summed E-state index contributed by atoms with van der Waals surface area (Å²) in [6.45, 7) is 6.10. The molecule has 0 radical (unpaired) electrons. The van der Waals surface area contributed by atoms with Gasteiger partial charge in [0.15, 0.2) is 5.82 Å². The normalized spacial score (nSPS) is 11.5. The first-order valence-corrected chi connectivity index (χ1v) is 14.1. The molecule has 2 aromatic heterocycles. The van der Waals surface area contributed by atoms with Crippen molar-refractivity contribution in [2.75, 3.05) is 18.4 Å². The molecule has 2 heterocycles. The molecule has 40 heavy (non-hydrogen) atoms. The lowest BCUT2D eigenvalue weighted by Crippen LogP contribution is -2.15. The summed E-state index contributed by atoms with van der Waals surface area (Å²) in [5, 5.41) is 3.83. The first kappa shape index (κ1) is 26.9. The number of sulfonamides is 1. The van der Waals surface area contributed by atoms with Crippen LogP contribution in [-0.2, 0) is 21.3 Å². The molecule has 0 aliphatic heterocycles. The van der Waals surface area contributed by atoms with Gasteiger partial charge in [-0.2, -0.15) is 4.98 Å². The van der Waals surface area contributed by atoms with E-state index in [0.717, 1.165) is 5.56 Å². The number of para-hydroxylation sites is 1. The predicted octanol–water partition coefficient (Wildman–Crippen LogP) is 5.34. The number of anilines is 1. The van der Waals surface area contributed by atoms with Gasteiger partial charge in [-0.15, -0.1) is 0 Å². The van der Waals surface area contributed by atoms with Gasteiger partial charge >= 0.3 is 5.97 Å². The fourth-order valence-corrected chi connectivity index (χ4v) is 5.72. The average molecular weight is 561 g/mol. The number of imidazole rings is 1. The summed E-state index contributed by atoms with van der Waals surface area (Å²) in [6, 6.07) is 19.9. The highest BCUT2D eigenvalue weighted by Gasteiger charge is 2.23. The summed E-state index contributed by atoms with van der Waals surface area (Å²) >= 11 is 0. The van der Waals surface area contributed by atoms with E-state index in [0.29, 0.717) is 58.2 Å². The zero-order valence-corrected chi connectivity index (χ0v) is 23.3. The quantitative estimate of drug-likeness (QED) is 0.239. The number of fused-ring (bicyclic) bond motifs is 1. The van der Waals surface area contributed by atoms with Gasteiger partial charge in [0.2, 0.25) is 0 Å². The number of ether oxygens (including phenoxy) is 2. The molecule has 0 aliphatic carbocycles. The van der Waals surface area contributed by atoms with Crippen LogP contribution in [0, 0.1) is 13.8 Å². The summed E-state index contributed by atoms with van der Waals surface area (Å²) in [5.41, 5.74) is 4.40. The Morgan fingerprint density at radius 1 is 1.02 bits per heavy atom. The minimum absolute atomic E-state index is 0.116. The van der Waals surface area contributed by atoms with Crippen LogP contribution in [0.15, 0.2) is 76.1 Å². The van der Waals surface area contributed by atoms with Crippen molar-refractivity contribution in [1.82, 2.24) is 14.7 Å². The van der Waals surface area contributed by atoms with Gasteiger partial charge in [-0.05, 0) is 50.1 Å². The highest BCUT2D eigenvalue weighted by atomic mass is 32.2. The summed E-state index contributed by atoms with van der Waals surface area (Å²) in [4.78, 5) is 17.2. The third-order valence-electron chi connectivity index (χ3n) is 6.58. The Kier molecular flexibility index (Phi) is 7.31. The van der Waals surface area contributed by atoms with Gasteiger partial charge in [-0.25, -0.2) is 13.2 Å². The molecular formula is C29H28N4O6S. The van der Waals surface area contributed by atoms with Gasteiger partial charge in [-0.3, -0.25) is 9.29 Å². The van der Waals surface area contributed by atoms with E-state index in [2.05, 4.69) is 14.9 Å². The second kappa shape index (κ2) is 10.9. The maximum absolute atomic E-state index is 13.3. The fourth-order valence-electron chi connectivity index (χ4n) is 4.43. The number of nitrogens with one attached hydrogen (secondary N) is 1. The monoisotopic (exact) mass is 560 g/mol. The van der Waals surface area contributed by atoms with Crippen LogP contribution in [0.25, 0.3) is 22.2 Å². The van der Waals surface area contributed by atoms with Crippen LogP contribution in [0.2, 0.25) is 0 Å². The Hall–Kier alpha value is -4.64. The minimum Gasteiger partial charge on any atom is -0.465 e. The number of rotatable bonds is 9. The molecule has 11 heteroatoms. The smallest absolute Gasteiger partial charge is 0.340 e. The average Bonchev–Trinajstić information content (AvgIpc) is 3.47. The van der Waals surface area contributed by atoms with E-state index < -0.39 is 16.0 Å². The lowest BCUT2D eigenvalue weighted by atomic mass is 10.0. The number of esters is 1. The van der Waals surface area contributed by atoms with E-state index in [9.17, 15) is 13.2 Å². The number of carbonyl (C=O) groups is 1. The van der Waals surface area contributed by atoms with E-state index in [4.69, 9.17) is 14.0 Å². The molecule has 3 aromatic carbocycles. The van der Waals surface area contributed by atoms with Gasteiger partial charge in [0.1, 0.15) is 5.76 Å². The molecule has 0 bridgehead atoms. The van der Waals surface area contributed by atoms with Gasteiger partial charge in [0, 0.05) is 11.1 Å². The van der Waals surface area contributed by atoms with E-state index in [1.165, 1.54) is 7.11 Å².